The monoisotopic (exact) mass is 517 g/mol. The van der Waals surface area contributed by atoms with Gasteiger partial charge in [0.05, 0.1) is 6.54 Å². The fourth-order valence-electron chi connectivity index (χ4n) is 5.10. The lowest BCUT2D eigenvalue weighted by Gasteiger charge is -2.34. The van der Waals surface area contributed by atoms with E-state index in [1.54, 1.807) is 6.07 Å². The van der Waals surface area contributed by atoms with Gasteiger partial charge in [-0.15, -0.1) is 0 Å². The van der Waals surface area contributed by atoms with Crippen molar-refractivity contribution in [2.75, 3.05) is 25.0 Å². The molecule has 0 aromatic heterocycles. The van der Waals surface area contributed by atoms with Crippen molar-refractivity contribution >= 4 is 17.5 Å². The zero-order valence-electron chi connectivity index (χ0n) is 21.1. The molecule has 2 amide bonds. The maximum absolute atomic E-state index is 14.7. The number of anilines is 1. The summed E-state index contributed by atoms with van der Waals surface area (Å²) < 4.78 is 20.7. The smallest absolute Gasteiger partial charge is 0.248 e. The van der Waals surface area contributed by atoms with Crippen LogP contribution in [0.3, 0.4) is 0 Å². The number of aliphatic hydroxyl groups excluding tert-OH is 1. The first kappa shape index (κ1) is 25.9. The zero-order valence-corrected chi connectivity index (χ0v) is 21.1. The lowest BCUT2D eigenvalue weighted by atomic mass is 10.0. The van der Waals surface area contributed by atoms with Crippen molar-refractivity contribution in [3.63, 3.8) is 0 Å². The van der Waals surface area contributed by atoms with Gasteiger partial charge in [-0.25, -0.2) is 4.39 Å². The Balaban J connectivity index is 1.24. The van der Waals surface area contributed by atoms with E-state index >= 15 is 0 Å². The van der Waals surface area contributed by atoms with E-state index in [1.165, 1.54) is 10.5 Å². The second-order valence-electron chi connectivity index (χ2n) is 9.91. The predicted octanol–water partition coefficient (Wildman–Crippen LogP) is 3.86. The summed E-state index contributed by atoms with van der Waals surface area (Å²) >= 11 is 0. The summed E-state index contributed by atoms with van der Waals surface area (Å²) in [5.74, 6) is 0.301. The minimum absolute atomic E-state index is 0.0192. The molecule has 1 aliphatic carbocycles. The highest BCUT2D eigenvalue weighted by atomic mass is 19.1. The molecule has 2 fully saturated rings. The van der Waals surface area contributed by atoms with Crippen LogP contribution in [0.1, 0.15) is 29.9 Å². The normalized spacial score (nSPS) is 22.6. The Labute approximate surface area is 221 Å². The van der Waals surface area contributed by atoms with E-state index in [-0.39, 0.29) is 30.8 Å². The molecule has 1 aliphatic heterocycles. The van der Waals surface area contributed by atoms with Crippen LogP contribution in [-0.2, 0) is 16.1 Å². The number of nitrogens with one attached hydrogen (secondary N) is 1. The maximum atomic E-state index is 14.7. The van der Waals surface area contributed by atoms with Gasteiger partial charge in [0.15, 0.2) is 6.17 Å². The summed E-state index contributed by atoms with van der Waals surface area (Å²) in [7, 11) is 0. The zero-order chi connectivity index (χ0) is 26.6. The third-order valence-electron chi connectivity index (χ3n) is 7.35. The second-order valence-corrected chi connectivity index (χ2v) is 9.91. The van der Waals surface area contributed by atoms with Crippen LogP contribution in [0.5, 0.6) is 5.75 Å². The Kier molecular flexibility index (Phi) is 7.72. The quantitative estimate of drug-likeness (QED) is 0.421. The lowest BCUT2D eigenvalue weighted by Crippen LogP contribution is -2.50. The van der Waals surface area contributed by atoms with Gasteiger partial charge < -0.3 is 25.8 Å². The molecule has 4 atom stereocenters. The second kappa shape index (κ2) is 11.3. The largest absolute Gasteiger partial charge is 0.487 e. The summed E-state index contributed by atoms with van der Waals surface area (Å²) in [5.41, 5.74) is 10.5. The van der Waals surface area contributed by atoms with E-state index < -0.39 is 24.8 Å². The van der Waals surface area contributed by atoms with Crippen LogP contribution in [0.25, 0.3) is 11.1 Å². The summed E-state index contributed by atoms with van der Waals surface area (Å²) in [4.78, 5) is 25.8. The molecule has 4 N–H and O–H groups in total. The molecule has 3 aromatic carbocycles. The van der Waals surface area contributed by atoms with E-state index in [0.29, 0.717) is 18.7 Å². The number of amides is 2. The summed E-state index contributed by atoms with van der Waals surface area (Å²) in [6.07, 6.45) is -0.882. The molecule has 1 heterocycles. The van der Waals surface area contributed by atoms with E-state index in [1.807, 2.05) is 54.6 Å². The highest BCUT2D eigenvalue weighted by Gasteiger charge is 2.43. The van der Waals surface area contributed by atoms with Crippen molar-refractivity contribution in [1.82, 2.24) is 4.90 Å². The van der Waals surface area contributed by atoms with Gasteiger partial charge in [0.25, 0.3) is 0 Å². The molecule has 1 saturated carbocycles. The minimum atomic E-state index is -1.36. The van der Waals surface area contributed by atoms with Gasteiger partial charge in [0, 0.05) is 36.7 Å². The van der Waals surface area contributed by atoms with Crippen molar-refractivity contribution < 1.29 is 23.8 Å². The molecule has 2 aliphatic rings. The summed E-state index contributed by atoms with van der Waals surface area (Å²) in [5, 5.41) is 12.1. The molecule has 7 nitrogen and oxygen atoms in total. The van der Waals surface area contributed by atoms with Crippen LogP contribution >= 0.6 is 0 Å². The molecule has 0 spiro atoms. The van der Waals surface area contributed by atoms with Crippen LogP contribution in [0.2, 0.25) is 0 Å². The van der Waals surface area contributed by atoms with Crippen molar-refractivity contribution in [1.29, 1.82) is 0 Å². The van der Waals surface area contributed by atoms with Crippen LogP contribution in [-0.4, -0.2) is 53.8 Å². The Morgan fingerprint density at radius 1 is 1.05 bits per heavy atom. The fraction of sp³-hybridized carbons (Fsp3) is 0.333. The fourth-order valence-corrected chi connectivity index (χ4v) is 5.10. The molecule has 198 valence electrons. The number of benzene rings is 3. The van der Waals surface area contributed by atoms with Crippen LogP contribution in [0.15, 0.2) is 72.8 Å². The number of carbonyl (C=O) groups excluding carboxylic acids is 2. The number of halogens is 1. The molecule has 1 saturated heterocycles. The third-order valence-corrected chi connectivity index (χ3v) is 7.35. The summed E-state index contributed by atoms with van der Waals surface area (Å²) in [6, 6.07) is 23.4. The number of alkyl halides is 1. The van der Waals surface area contributed by atoms with Gasteiger partial charge in [-0.2, -0.15) is 0 Å². The standard InChI is InChI=1S/C30H32FN3O4/c31-26-17-34(29(36)18-35)12-11-28(26)38-27-10-9-21(13-22(27)16-32)20-7-4-8-23(14-20)33-30(37)25-15-24(25)19-5-2-1-3-6-19/h1-10,13-14,24-26,28,35H,11-12,15-18,32H2,(H,33,37)/t24-,25-,26-,28+/m1/s1. The average Bonchev–Trinajstić information content (AvgIpc) is 3.76. The average molecular weight is 518 g/mol. The first-order chi connectivity index (χ1) is 18.5. The molecule has 5 rings (SSSR count). The molecule has 38 heavy (non-hydrogen) atoms. The number of likely N-dealkylation sites (tertiary alicyclic amines) is 1. The lowest BCUT2D eigenvalue weighted by molar-refractivity contribution is -0.138. The number of carbonyl (C=O) groups is 2. The van der Waals surface area contributed by atoms with Crippen molar-refractivity contribution in [3.05, 3.63) is 83.9 Å². The molecular formula is C30H32FN3O4. The Morgan fingerprint density at radius 3 is 2.58 bits per heavy atom. The third kappa shape index (κ3) is 5.71. The first-order valence-electron chi connectivity index (χ1n) is 13.0. The number of ether oxygens (including phenoxy) is 1. The molecule has 8 heteroatoms. The van der Waals surface area contributed by atoms with E-state index in [9.17, 15) is 14.0 Å². The van der Waals surface area contributed by atoms with Crippen molar-refractivity contribution in [2.45, 2.75) is 37.6 Å². The van der Waals surface area contributed by atoms with Crippen molar-refractivity contribution in [2.24, 2.45) is 11.7 Å². The van der Waals surface area contributed by atoms with Gasteiger partial charge in [0.2, 0.25) is 11.8 Å². The molecule has 0 radical (unpaired) electrons. The number of aliphatic hydroxyl groups is 1. The molecule has 0 unspecified atom stereocenters. The SMILES string of the molecule is NCc1cc(-c2cccc(NC(=O)[C@@H]3C[C@@H]3c3ccccc3)c2)ccc1O[C@H]1CCN(C(=O)CO)C[C@H]1F. The number of hydrogen-bond acceptors (Lipinski definition) is 5. The highest BCUT2D eigenvalue weighted by molar-refractivity contribution is 5.95. The van der Waals surface area contributed by atoms with Gasteiger partial charge in [0.1, 0.15) is 18.5 Å². The number of nitrogens with zero attached hydrogens (tertiary/aromatic N) is 1. The van der Waals surface area contributed by atoms with Gasteiger partial charge in [-0.1, -0.05) is 48.5 Å². The number of rotatable bonds is 8. The van der Waals surface area contributed by atoms with Crippen molar-refractivity contribution in [3.8, 4) is 16.9 Å². The number of hydrogen-bond donors (Lipinski definition) is 3. The Morgan fingerprint density at radius 2 is 1.84 bits per heavy atom. The molecule has 0 bridgehead atoms. The van der Waals surface area contributed by atoms with E-state index in [2.05, 4.69) is 17.4 Å². The number of piperidine rings is 1. The van der Waals surface area contributed by atoms with E-state index in [4.69, 9.17) is 15.6 Å². The van der Waals surface area contributed by atoms with Gasteiger partial charge in [-0.3, -0.25) is 9.59 Å². The highest BCUT2D eigenvalue weighted by Crippen LogP contribution is 2.48. The predicted molar refractivity (Wildman–Crippen MR) is 143 cm³/mol. The van der Waals surface area contributed by atoms with Gasteiger partial charge in [-0.05, 0) is 53.3 Å². The van der Waals surface area contributed by atoms with Gasteiger partial charge >= 0.3 is 0 Å². The first-order valence-corrected chi connectivity index (χ1v) is 13.0. The molecular weight excluding hydrogens is 485 g/mol. The van der Waals surface area contributed by atoms with E-state index in [0.717, 1.165) is 28.8 Å². The Hall–Kier alpha value is -3.75. The minimum Gasteiger partial charge on any atom is -0.487 e. The number of nitrogens with two attached hydrogens (primary N) is 1. The summed E-state index contributed by atoms with van der Waals surface area (Å²) in [6.45, 7) is -0.199. The maximum Gasteiger partial charge on any atom is 0.248 e. The van der Waals surface area contributed by atoms with Crippen LogP contribution in [0, 0.1) is 5.92 Å². The van der Waals surface area contributed by atoms with Crippen LogP contribution in [0.4, 0.5) is 10.1 Å². The van der Waals surface area contributed by atoms with Crippen LogP contribution < -0.4 is 15.8 Å². The molecule has 3 aromatic rings. The Bertz CT molecular complexity index is 1300. The topological polar surface area (TPSA) is 105 Å².